The van der Waals surface area contributed by atoms with Gasteiger partial charge < -0.3 is 4.90 Å². The minimum absolute atomic E-state index is 0.0246. The molecule has 0 spiro atoms. The smallest absolute Gasteiger partial charge is 0.253 e. The molecule has 1 amide bonds. The Morgan fingerprint density at radius 2 is 1.63 bits per heavy atom. The summed E-state index contributed by atoms with van der Waals surface area (Å²) < 4.78 is 30.1. The molecule has 2 aliphatic heterocycles. The van der Waals surface area contributed by atoms with Crippen molar-refractivity contribution in [2.24, 2.45) is 11.8 Å². The highest BCUT2D eigenvalue weighted by molar-refractivity contribution is 7.89. The zero-order valence-corrected chi connectivity index (χ0v) is 21.4. The van der Waals surface area contributed by atoms with Crippen LogP contribution >= 0.6 is 0 Å². The van der Waals surface area contributed by atoms with Crippen molar-refractivity contribution in [2.45, 2.75) is 51.0 Å². The van der Waals surface area contributed by atoms with Crippen LogP contribution in [-0.4, -0.2) is 64.7 Å². The quantitative estimate of drug-likeness (QED) is 0.548. The van der Waals surface area contributed by atoms with Crippen LogP contribution in [0.4, 0.5) is 0 Å². The van der Waals surface area contributed by atoms with Crippen molar-refractivity contribution in [2.75, 3.05) is 26.2 Å². The number of aryl methyl sites for hydroxylation is 1. The average molecular weight is 496 g/mol. The third-order valence-corrected chi connectivity index (χ3v) is 9.20. The van der Waals surface area contributed by atoms with Crippen LogP contribution in [0.15, 0.2) is 47.4 Å². The summed E-state index contributed by atoms with van der Waals surface area (Å²) in [5.41, 5.74) is 3.52. The van der Waals surface area contributed by atoms with E-state index in [4.69, 9.17) is 0 Å². The summed E-state index contributed by atoms with van der Waals surface area (Å²) in [6.07, 6.45) is 2.48. The van der Waals surface area contributed by atoms with Gasteiger partial charge in [-0.3, -0.25) is 4.79 Å². The van der Waals surface area contributed by atoms with Crippen molar-refractivity contribution in [3.05, 3.63) is 53.6 Å². The number of carbonyl (C=O) groups is 1. The van der Waals surface area contributed by atoms with Gasteiger partial charge in [-0.1, -0.05) is 25.1 Å². The van der Waals surface area contributed by atoms with Gasteiger partial charge in [0.1, 0.15) is 5.52 Å². The van der Waals surface area contributed by atoms with E-state index >= 15 is 0 Å². The third-order valence-electron chi connectivity index (χ3n) is 7.29. The first-order chi connectivity index (χ1) is 16.7. The number of likely N-dealkylation sites (tertiary alicyclic amines) is 1. The molecular weight excluding hydrogens is 462 g/mol. The van der Waals surface area contributed by atoms with Crippen LogP contribution < -0.4 is 0 Å². The maximum atomic E-state index is 13.3. The van der Waals surface area contributed by atoms with E-state index in [-0.39, 0.29) is 16.8 Å². The summed E-state index contributed by atoms with van der Waals surface area (Å²) in [5.74, 6) is 0.929. The lowest BCUT2D eigenvalue weighted by Crippen LogP contribution is -2.42. The summed E-state index contributed by atoms with van der Waals surface area (Å²) in [6, 6.07) is 12.6. The van der Waals surface area contributed by atoms with Crippen molar-refractivity contribution in [3.63, 3.8) is 0 Å². The first kappa shape index (κ1) is 23.9. The van der Waals surface area contributed by atoms with Crippen molar-refractivity contribution >= 4 is 27.0 Å². The van der Waals surface area contributed by atoms with Crippen LogP contribution in [0.25, 0.3) is 11.0 Å². The molecule has 0 aliphatic carbocycles. The normalized spacial score (nSPS) is 22.5. The second-order valence-electron chi connectivity index (χ2n) is 10.3. The molecule has 5 rings (SSSR count). The van der Waals surface area contributed by atoms with E-state index in [0.29, 0.717) is 43.3 Å². The van der Waals surface area contributed by atoms with Crippen molar-refractivity contribution in [1.82, 2.24) is 24.2 Å². The van der Waals surface area contributed by atoms with E-state index < -0.39 is 10.0 Å². The largest absolute Gasteiger partial charge is 0.338 e. The molecule has 0 radical (unpaired) electrons. The van der Waals surface area contributed by atoms with Crippen molar-refractivity contribution in [3.8, 4) is 0 Å². The van der Waals surface area contributed by atoms with E-state index in [2.05, 4.69) is 24.2 Å². The van der Waals surface area contributed by atoms with E-state index in [9.17, 15) is 13.2 Å². The number of rotatable bonds is 4. The fraction of sp³-hybridized carbons (Fsp3) is 0.500. The topological polar surface area (TPSA) is 88.4 Å². The van der Waals surface area contributed by atoms with Crippen molar-refractivity contribution < 1.29 is 13.2 Å². The SMILES string of the molecule is Cc1ccc2c(c1)nnn2C1CCN(S(=O)(=O)c2ccc(C(=O)N3C[C@@H](C)C[C@H](C)C3)cc2)CC1. The van der Waals surface area contributed by atoms with Gasteiger partial charge in [0, 0.05) is 31.7 Å². The lowest BCUT2D eigenvalue weighted by atomic mass is 9.91. The summed E-state index contributed by atoms with van der Waals surface area (Å²) >= 11 is 0. The Morgan fingerprint density at radius 3 is 2.29 bits per heavy atom. The second kappa shape index (κ2) is 9.35. The lowest BCUT2D eigenvalue weighted by molar-refractivity contribution is 0.0623. The van der Waals surface area contributed by atoms with Gasteiger partial charge in [0.2, 0.25) is 10.0 Å². The highest BCUT2D eigenvalue weighted by Crippen LogP contribution is 2.29. The van der Waals surface area contributed by atoms with Gasteiger partial charge in [0.15, 0.2) is 0 Å². The van der Waals surface area contributed by atoms with E-state index in [1.54, 1.807) is 24.3 Å². The van der Waals surface area contributed by atoms with E-state index in [0.717, 1.165) is 36.1 Å². The first-order valence-electron chi connectivity index (χ1n) is 12.4. The van der Waals surface area contributed by atoms with Gasteiger partial charge in [-0.15, -0.1) is 5.10 Å². The van der Waals surface area contributed by atoms with Crippen LogP contribution in [0, 0.1) is 18.8 Å². The van der Waals surface area contributed by atoms with Crippen molar-refractivity contribution in [1.29, 1.82) is 0 Å². The Balaban J connectivity index is 1.26. The molecule has 0 bridgehead atoms. The molecule has 2 aliphatic rings. The average Bonchev–Trinajstić information content (AvgIpc) is 3.26. The number of hydrogen-bond acceptors (Lipinski definition) is 5. The summed E-state index contributed by atoms with van der Waals surface area (Å²) in [4.78, 5) is 15.1. The molecule has 0 N–H and O–H groups in total. The standard InChI is InChI=1S/C26H33N5O3S/c1-18-4-9-25-24(15-18)27-28-31(25)22-10-12-30(13-11-22)35(33,34)23-7-5-21(6-8-23)26(32)29-16-19(2)14-20(3)17-29/h4-9,15,19-20,22H,10-14,16-17H2,1-3H3/t19-,20-/m0/s1. The Hall–Kier alpha value is -2.78. The monoisotopic (exact) mass is 495 g/mol. The van der Waals surface area contributed by atoms with Crippen LogP contribution in [0.1, 0.15) is 55.1 Å². The predicted molar refractivity (Wildman–Crippen MR) is 135 cm³/mol. The minimum Gasteiger partial charge on any atom is -0.338 e. The van der Waals surface area contributed by atoms with Gasteiger partial charge in [0.25, 0.3) is 5.91 Å². The fourth-order valence-corrected chi connectivity index (χ4v) is 7.05. The number of sulfonamides is 1. The zero-order chi connectivity index (χ0) is 24.7. The molecule has 9 heteroatoms. The summed E-state index contributed by atoms with van der Waals surface area (Å²) in [6.45, 7) is 8.70. The molecule has 2 fully saturated rings. The highest BCUT2D eigenvalue weighted by atomic mass is 32.2. The molecule has 0 unspecified atom stereocenters. The molecule has 2 saturated heterocycles. The van der Waals surface area contributed by atoms with Gasteiger partial charge in [-0.25, -0.2) is 13.1 Å². The van der Waals surface area contributed by atoms with Crippen LogP contribution in [0.5, 0.6) is 0 Å². The number of fused-ring (bicyclic) bond motifs is 1. The first-order valence-corrected chi connectivity index (χ1v) is 13.9. The second-order valence-corrected chi connectivity index (χ2v) is 12.3. The summed E-state index contributed by atoms with van der Waals surface area (Å²) in [5, 5.41) is 8.63. The molecule has 0 saturated carbocycles. The number of piperidine rings is 2. The zero-order valence-electron chi connectivity index (χ0n) is 20.6. The fourth-order valence-electron chi connectivity index (χ4n) is 5.58. The lowest BCUT2D eigenvalue weighted by Gasteiger charge is -2.35. The molecule has 35 heavy (non-hydrogen) atoms. The number of nitrogens with zero attached hydrogens (tertiary/aromatic N) is 5. The Morgan fingerprint density at radius 1 is 0.971 bits per heavy atom. The molecule has 3 heterocycles. The van der Waals surface area contributed by atoms with Gasteiger partial charge >= 0.3 is 0 Å². The minimum atomic E-state index is -3.62. The predicted octanol–water partition coefficient (Wildman–Crippen LogP) is 3.88. The Bertz CT molecular complexity index is 1320. The maximum Gasteiger partial charge on any atom is 0.253 e. The van der Waals surface area contributed by atoms with E-state index in [1.807, 2.05) is 34.7 Å². The number of amides is 1. The van der Waals surface area contributed by atoms with Crippen LogP contribution in [0.2, 0.25) is 0 Å². The molecule has 2 atom stereocenters. The van der Waals surface area contributed by atoms with Gasteiger partial charge in [-0.05, 0) is 80.0 Å². The molecule has 1 aromatic heterocycles. The molecule has 3 aromatic rings. The van der Waals surface area contributed by atoms with Gasteiger partial charge in [-0.2, -0.15) is 4.31 Å². The molecule has 8 nitrogen and oxygen atoms in total. The van der Waals surface area contributed by atoms with E-state index in [1.165, 1.54) is 4.31 Å². The maximum absolute atomic E-state index is 13.3. The van der Waals surface area contributed by atoms with Gasteiger partial charge in [0.05, 0.1) is 16.5 Å². The number of hydrogen-bond donors (Lipinski definition) is 0. The third kappa shape index (κ3) is 4.71. The molecular formula is C26H33N5O3S. The number of aromatic nitrogens is 3. The number of benzene rings is 2. The molecule has 2 aromatic carbocycles. The Kier molecular flexibility index (Phi) is 6.40. The molecule has 186 valence electrons. The summed E-state index contributed by atoms with van der Waals surface area (Å²) in [7, 11) is -3.62. The number of carbonyl (C=O) groups excluding carboxylic acids is 1. The van der Waals surface area contributed by atoms with Crippen LogP contribution in [0.3, 0.4) is 0 Å². The highest BCUT2D eigenvalue weighted by Gasteiger charge is 2.32. The Labute approximate surface area is 207 Å². The van der Waals surface area contributed by atoms with Crippen LogP contribution in [-0.2, 0) is 10.0 Å².